The summed E-state index contributed by atoms with van der Waals surface area (Å²) in [6, 6.07) is 2.53. The van der Waals surface area contributed by atoms with E-state index in [1.165, 1.54) is 0 Å². The number of fused-ring (bicyclic) bond motifs is 1. The lowest BCUT2D eigenvalue weighted by molar-refractivity contribution is 0.0701. The minimum atomic E-state index is 0.0999. The standard InChI is InChI=1S/C17H24N4O/c1-11(2)15-6-5-7-20(15)17(22)14-8-13-10-19-21(12(3)4)16(13)18-9-14/h8-12,15H,5-7H2,1-4H3/t15-/m0/s1. The first kappa shape index (κ1) is 15.0. The molecule has 3 heterocycles. The first-order chi connectivity index (χ1) is 10.5. The van der Waals surface area contributed by atoms with Gasteiger partial charge in [-0.1, -0.05) is 13.8 Å². The Hall–Kier alpha value is -1.91. The molecule has 5 nitrogen and oxygen atoms in total. The molecular formula is C17H24N4O. The molecule has 1 amide bonds. The number of pyridine rings is 1. The van der Waals surface area contributed by atoms with Gasteiger partial charge in [-0.15, -0.1) is 0 Å². The zero-order valence-corrected chi connectivity index (χ0v) is 13.8. The molecule has 0 spiro atoms. The Bertz CT molecular complexity index is 689. The summed E-state index contributed by atoms with van der Waals surface area (Å²) in [5.41, 5.74) is 1.51. The number of amides is 1. The SMILES string of the molecule is CC(C)[C@@H]1CCCN1C(=O)c1cnc2c(cnn2C(C)C)c1. The molecule has 0 radical (unpaired) electrons. The normalized spacial score (nSPS) is 18.8. The van der Waals surface area contributed by atoms with Crippen molar-refractivity contribution in [2.75, 3.05) is 6.54 Å². The highest BCUT2D eigenvalue weighted by Gasteiger charge is 2.31. The second-order valence-electron chi connectivity index (χ2n) is 6.77. The van der Waals surface area contributed by atoms with Crippen LogP contribution in [0.15, 0.2) is 18.5 Å². The fourth-order valence-corrected chi connectivity index (χ4v) is 3.34. The zero-order valence-electron chi connectivity index (χ0n) is 13.8. The van der Waals surface area contributed by atoms with Crippen LogP contribution in [-0.4, -0.2) is 38.2 Å². The second kappa shape index (κ2) is 5.71. The van der Waals surface area contributed by atoms with Crippen molar-refractivity contribution in [3.05, 3.63) is 24.0 Å². The molecule has 1 atom stereocenters. The largest absolute Gasteiger partial charge is 0.335 e. The summed E-state index contributed by atoms with van der Waals surface area (Å²) in [7, 11) is 0. The van der Waals surface area contributed by atoms with Gasteiger partial charge in [0.2, 0.25) is 0 Å². The van der Waals surface area contributed by atoms with Gasteiger partial charge in [0, 0.05) is 30.2 Å². The van der Waals surface area contributed by atoms with Gasteiger partial charge in [0.05, 0.1) is 11.8 Å². The lowest BCUT2D eigenvalue weighted by Crippen LogP contribution is -2.38. The molecule has 22 heavy (non-hydrogen) atoms. The molecule has 0 saturated carbocycles. The van der Waals surface area contributed by atoms with Crippen LogP contribution in [0.2, 0.25) is 0 Å². The smallest absolute Gasteiger partial charge is 0.255 e. The summed E-state index contributed by atoms with van der Waals surface area (Å²) >= 11 is 0. The molecule has 2 aromatic rings. The van der Waals surface area contributed by atoms with Gasteiger partial charge in [0.1, 0.15) is 0 Å². The molecule has 3 rings (SSSR count). The monoisotopic (exact) mass is 300 g/mol. The number of nitrogens with zero attached hydrogens (tertiary/aromatic N) is 4. The van der Waals surface area contributed by atoms with Crippen molar-refractivity contribution in [2.45, 2.75) is 52.6 Å². The average molecular weight is 300 g/mol. The summed E-state index contributed by atoms with van der Waals surface area (Å²) in [5.74, 6) is 0.592. The Morgan fingerprint density at radius 3 is 2.73 bits per heavy atom. The van der Waals surface area contributed by atoms with Crippen LogP contribution in [0.3, 0.4) is 0 Å². The molecule has 0 bridgehead atoms. The Kier molecular flexibility index (Phi) is 3.89. The van der Waals surface area contributed by atoms with Crippen LogP contribution in [-0.2, 0) is 0 Å². The van der Waals surface area contributed by atoms with Crippen LogP contribution < -0.4 is 0 Å². The number of hydrogen-bond donors (Lipinski definition) is 0. The van der Waals surface area contributed by atoms with Gasteiger partial charge in [-0.05, 0) is 38.7 Å². The summed E-state index contributed by atoms with van der Waals surface area (Å²) in [6.07, 6.45) is 5.68. The lowest BCUT2D eigenvalue weighted by atomic mass is 10.0. The van der Waals surface area contributed by atoms with Crippen molar-refractivity contribution in [1.82, 2.24) is 19.7 Å². The predicted octanol–water partition coefficient (Wildman–Crippen LogP) is 3.27. The number of likely N-dealkylation sites (tertiary alicyclic amines) is 1. The van der Waals surface area contributed by atoms with E-state index in [0.29, 0.717) is 17.5 Å². The average Bonchev–Trinajstić information content (AvgIpc) is 3.12. The fourth-order valence-electron chi connectivity index (χ4n) is 3.34. The predicted molar refractivity (Wildman–Crippen MR) is 86.8 cm³/mol. The molecule has 1 saturated heterocycles. The van der Waals surface area contributed by atoms with E-state index in [1.54, 1.807) is 12.4 Å². The Balaban J connectivity index is 1.91. The van der Waals surface area contributed by atoms with Gasteiger partial charge in [-0.3, -0.25) is 4.79 Å². The maximum Gasteiger partial charge on any atom is 0.255 e. The van der Waals surface area contributed by atoms with Gasteiger partial charge >= 0.3 is 0 Å². The van der Waals surface area contributed by atoms with Gasteiger partial charge in [-0.2, -0.15) is 5.10 Å². The van der Waals surface area contributed by atoms with Crippen LogP contribution in [0.25, 0.3) is 11.0 Å². The van der Waals surface area contributed by atoms with Crippen LogP contribution in [0.1, 0.15) is 56.9 Å². The van der Waals surface area contributed by atoms with E-state index in [9.17, 15) is 4.79 Å². The third-order valence-electron chi connectivity index (χ3n) is 4.50. The minimum absolute atomic E-state index is 0.0999. The van der Waals surface area contributed by atoms with Crippen molar-refractivity contribution < 1.29 is 4.79 Å². The third-order valence-corrected chi connectivity index (χ3v) is 4.50. The van der Waals surface area contributed by atoms with Crippen LogP contribution in [0.5, 0.6) is 0 Å². The molecule has 5 heteroatoms. The maximum absolute atomic E-state index is 12.8. The summed E-state index contributed by atoms with van der Waals surface area (Å²) < 4.78 is 1.89. The zero-order chi connectivity index (χ0) is 15.9. The minimum Gasteiger partial charge on any atom is -0.335 e. The van der Waals surface area contributed by atoms with E-state index in [1.807, 2.05) is 15.6 Å². The quantitative estimate of drug-likeness (QED) is 0.874. The topological polar surface area (TPSA) is 51.0 Å². The number of carbonyl (C=O) groups is 1. The van der Waals surface area contributed by atoms with Crippen molar-refractivity contribution in [2.24, 2.45) is 5.92 Å². The van der Waals surface area contributed by atoms with Crippen molar-refractivity contribution in [3.8, 4) is 0 Å². The van der Waals surface area contributed by atoms with Crippen molar-refractivity contribution in [1.29, 1.82) is 0 Å². The molecule has 0 unspecified atom stereocenters. The van der Waals surface area contributed by atoms with Gasteiger partial charge in [-0.25, -0.2) is 9.67 Å². The van der Waals surface area contributed by atoms with E-state index in [0.717, 1.165) is 30.4 Å². The van der Waals surface area contributed by atoms with Gasteiger partial charge in [0.15, 0.2) is 5.65 Å². The first-order valence-electron chi connectivity index (χ1n) is 8.13. The van der Waals surface area contributed by atoms with Crippen molar-refractivity contribution in [3.63, 3.8) is 0 Å². The lowest BCUT2D eigenvalue weighted by Gasteiger charge is -2.27. The van der Waals surface area contributed by atoms with E-state index >= 15 is 0 Å². The molecule has 0 N–H and O–H groups in total. The highest BCUT2D eigenvalue weighted by molar-refractivity contribution is 5.97. The molecule has 1 aliphatic rings. The second-order valence-corrected chi connectivity index (χ2v) is 6.77. The molecule has 1 fully saturated rings. The van der Waals surface area contributed by atoms with Crippen LogP contribution in [0.4, 0.5) is 0 Å². The molecule has 118 valence electrons. The molecular weight excluding hydrogens is 276 g/mol. The number of aromatic nitrogens is 3. The maximum atomic E-state index is 12.8. The van der Waals surface area contributed by atoms with Crippen LogP contribution >= 0.6 is 0 Å². The van der Waals surface area contributed by atoms with Crippen LogP contribution in [0, 0.1) is 5.92 Å². The van der Waals surface area contributed by atoms with E-state index < -0.39 is 0 Å². The Morgan fingerprint density at radius 1 is 1.27 bits per heavy atom. The van der Waals surface area contributed by atoms with Gasteiger partial charge in [0.25, 0.3) is 5.91 Å². The highest BCUT2D eigenvalue weighted by atomic mass is 16.2. The van der Waals surface area contributed by atoms with Gasteiger partial charge < -0.3 is 4.90 Å². The summed E-state index contributed by atoms with van der Waals surface area (Å²) in [6.45, 7) is 9.37. The number of rotatable bonds is 3. The summed E-state index contributed by atoms with van der Waals surface area (Å²) in [4.78, 5) is 19.3. The van der Waals surface area contributed by atoms with E-state index in [4.69, 9.17) is 0 Å². The molecule has 0 aliphatic carbocycles. The third kappa shape index (κ3) is 2.49. The fraction of sp³-hybridized carbons (Fsp3) is 0.588. The highest BCUT2D eigenvalue weighted by Crippen LogP contribution is 2.26. The van der Waals surface area contributed by atoms with Crippen molar-refractivity contribution >= 4 is 16.9 Å². The summed E-state index contributed by atoms with van der Waals surface area (Å²) in [5, 5.41) is 5.30. The molecule has 1 aliphatic heterocycles. The Labute approximate surface area is 131 Å². The van der Waals surface area contributed by atoms with E-state index in [2.05, 4.69) is 37.8 Å². The number of carbonyl (C=O) groups excluding carboxylic acids is 1. The molecule has 2 aromatic heterocycles. The van der Waals surface area contributed by atoms with E-state index in [-0.39, 0.29) is 11.9 Å². The number of hydrogen-bond acceptors (Lipinski definition) is 3. The molecule has 0 aromatic carbocycles. The first-order valence-corrected chi connectivity index (χ1v) is 8.13. The Morgan fingerprint density at radius 2 is 2.05 bits per heavy atom.